The zero-order valence-corrected chi connectivity index (χ0v) is 18.6. The van der Waals surface area contributed by atoms with Gasteiger partial charge in [0.1, 0.15) is 46.9 Å². The third kappa shape index (κ3) is 4.33. The van der Waals surface area contributed by atoms with Gasteiger partial charge in [-0.3, -0.25) is 4.79 Å². The van der Waals surface area contributed by atoms with Gasteiger partial charge < -0.3 is 54.0 Å². The average Bonchev–Trinajstić information content (AvgIpc) is 2.85. The van der Waals surface area contributed by atoms with Crippen LogP contribution in [-0.2, 0) is 4.74 Å². The van der Waals surface area contributed by atoms with E-state index < -0.39 is 54.2 Å². The van der Waals surface area contributed by atoms with Crippen molar-refractivity contribution in [2.24, 2.45) is 0 Å². The number of hydrogen-bond acceptors (Lipinski definition) is 12. The van der Waals surface area contributed by atoms with Crippen LogP contribution >= 0.6 is 0 Å². The van der Waals surface area contributed by atoms with Gasteiger partial charge in [0.2, 0.25) is 17.5 Å². The van der Waals surface area contributed by atoms with E-state index in [9.17, 15) is 35.4 Å². The van der Waals surface area contributed by atoms with Gasteiger partial charge in [-0.15, -0.1) is 0 Å². The summed E-state index contributed by atoms with van der Waals surface area (Å²) < 4.78 is 27.0. The molecule has 1 aromatic heterocycles. The molecular weight excluding hydrogens is 468 g/mol. The molecule has 0 amide bonds. The van der Waals surface area contributed by atoms with Crippen molar-refractivity contribution in [1.29, 1.82) is 0 Å². The number of aliphatic hydroxyl groups is 4. The first-order valence-corrected chi connectivity index (χ1v) is 10.4. The third-order valence-corrected chi connectivity index (χ3v) is 5.67. The van der Waals surface area contributed by atoms with Gasteiger partial charge in [-0.05, 0) is 18.2 Å². The molecule has 12 nitrogen and oxygen atoms in total. The first-order chi connectivity index (χ1) is 16.7. The topological polar surface area (TPSA) is 189 Å². The monoisotopic (exact) mass is 492 g/mol. The Morgan fingerprint density at radius 1 is 0.943 bits per heavy atom. The van der Waals surface area contributed by atoms with Gasteiger partial charge in [-0.25, -0.2) is 0 Å². The molecule has 6 N–H and O–H groups in total. The lowest BCUT2D eigenvalue weighted by molar-refractivity contribution is -0.277. The summed E-state index contributed by atoms with van der Waals surface area (Å²) in [5.41, 5.74) is -0.781. The van der Waals surface area contributed by atoms with Crippen LogP contribution in [0.1, 0.15) is 0 Å². The van der Waals surface area contributed by atoms with E-state index in [1.165, 1.54) is 44.6 Å². The van der Waals surface area contributed by atoms with Crippen molar-refractivity contribution < 1.29 is 54.0 Å². The van der Waals surface area contributed by atoms with Gasteiger partial charge >= 0.3 is 0 Å². The lowest BCUT2D eigenvalue weighted by Gasteiger charge is -2.39. The van der Waals surface area contributed by atoms with E-state index in [0.717, 1.165) is 0 Å². The maximum atomic E-state index is 13.5. The molecule has 0 aliphatic carbocycles. The Labute approximate surface area is 197 Å². The number of aliphatic hydroxyl groups excluding tert-OH is 4. The Hall–Kier alpha value is -3.55. The van der Waals surface area contributed by atoms with E-state index in [4.69, 9.17) is 23.4 Å². The van der Waals surface area contributed by atoms with Crippen molar-refractivity contribution >= 4 is 11.0 Å². The van der Waals surface area contributed by atoms with Crippen LogP contribution in [0.25, 0.3) is 22.3 Å². The van der Waals surface area contributed by atoms with E-state index >= 15 is 0 Å². The van der Waals surface area contributed by atoms with Crippen molar-refractivity contribution in [3.05, 3.63) is 40.6 Å². The van der Waals surface area contributed by atoms with Crippen molar-refractivity contribution in [1.82, 2.24) is 0 Å². The highest BCUT2D eigenvalue weighted by molar-refractivity contribution is 5.88. The van der Waals surface area contributed by atoms with Crippen LogP contribution in [0.5, 0.6) is 28.7 Å². The first-order valence-electron chi connectivity index (χ1n) is 10.4. The smallest absolute Gasteiger partial charge is 0.239 e. The van der Waals surface area contributed by atoms with Gasteiger partial charge in [0, 0.05) is 17.7 Å². The molecule has 0 radical (unpaired) electrons. The molecule has 4 rings (SSSR count). The fraction of sp³-hybridized carbons (Fsp3) is 0.348. The van der Waals surface area contributed by atoms with E-state index in [1.54, 1.807) is 0 Å². The Morgan fingerprint density at radius 3 is 2.31 bits per heavy atom. The number of ether oxygens (including phenoxy) is 4. The number of phenols is 2. The van der Waals surface area contributed by atoms with Crippen molar-refractivity contribution in [2.45, 2.75) is 30.7 Å². The Kier molecular flexibility index (Phi) is 6.74. The Balaban J connectivity index is 1.91. The van der Waals surface area contributed by atoms with Gasteiger partial charge in [0.15, 0.2) is 17.3 Å². The summed E-state index contributed by atoms with van der Waals surface area (Å²) in [4.78, 5) is 13.5. The van der Waals surface area contributed by atoms with Crippen LogP contribution in [-0.4, -0.2) is 82.2 Å². The maximum Gasteiger partial charge on any atom is 0.239 e. The Morgan fingerprint density at radius 2 is 1.69 bits per heavy atom. The Bertz CT molecular complexity index is 1280. The second-order valence-electron chi connectivity index (χ2n) is 7.81. The fourth-order valence-electron chi connectivity index (χ4n) is 3.78. The van der Waals surface area contributed by atoms with Crippen LogP contribution < -0.4 is 19.6 Å². The van der Waals surface area contributed by atoms with Gasteiger partial charge in [0.05, 0.1) is 20.8 Å². The number of rotatable bonds is 6. The molecular formula is C23H24O12. The molecule has 35 heavy (non-hydrogen) atoms. The minimum atomic E-state index is -1.82. The minimum Gasteiger partial charge on any atom is -0.507 e. The molecule has 1 aliphatic heterocycles. The summed E-state index contributed by atoms with van der Waals surface area (Å²) in [6.45, 7) is -0.711. The van der Waals surface area contributed by atoms with Crippen LogP contribution in [0, 0.1) is 0 Å². The van der Waals surface area contributed by atoms with Crippen molar-refractivity contribution in [2.75, 3.05) is 20.8 Å². The van der Waals surface area contributed by atoms with Gasteiger partial charge in [0.25, 0.3) is 0 Å². The maximum absolute atomic E-state index is 13.5. The number of benzene rings is 2. The molecule has 1 aliphatic rings. The zero-order chi connectivity index (χ0) is 25.4. The van der Waals surface area contributed by atoms with Crippen molar-refractivity contribution in [3.8, 4) is 40.1 Å². The number of methoxy groups -OCH3 is 2. The molecule has 2 heterocycles. The summed E-state index contributed by atoms with van der Waals surface area (Å²) in [6.07, 6.45) is -8.22. The summed E-state index contributed by atoms with van der Waals surface area (Å²) in [5, 5.41) is 60.4. The highest BCUT2D eigenvalue weighted by Crippen LogP contribution is 2.39. The van der Waals surface area contributed by atoms with Crippen LogP contribution in [0.2, 0.25) is 0 Å². The molecule has 0 bridgehead atoms. The van der Waals surface area contributed by atoms with E-state index in [-0.39, 0.29) is 39.5 Å². The quantitative estimate of drug-likeness (QED) is 0.272. The lowest BCUT2D eigenvalue weighted by atomic mass is 9.99. The summed E-state index contributed by atoms with van der Waals surface area (Å²) in [5.74, 6) is -1.16. The average molecular weight is 492 g/mol. The number of phenolic OH excluding ortho intramolecular Hbond substituents is 2. The SMILES string of the molecule is COc1cc(O)c2c(=O)c(O[C@H]3O[C@@H](CO)[C@H](O)[C@@H](O)[C@@H]3O)c(-c3ccc(OC)c(O)c3)oc2c1. The molecule has 188 valence electrons. The summed E-state index contributed by atoms with van der Waals surface area (Å²) in [7, 11) is 2.71. The molecule has 0 unspecified atom stereocenters. The molecule has 1 fully saturated rings. The minimum absolute atomic E-state index is 0.0710. The molecule has 5 atom stereocenters. The molecule has 2 aromatic carbocycles. The molecule has 3 aromatic rings. The predicted molar refractivity (Wildman–Crippen MR) is 119 cm³/mol. The fourth-order valence-corrected chi connectivity index (χ4v) is 3.78. The van der Waals surface area contributed by atoms with Gasteiger partial charge in [-0.2, -0.15) is 0 Å². The number of aromatic hydroxyl groups is 2. The zero-order valence-electron chi connectivity index (χ0n) is 18.6. The molecule has 12 heteroatoms. The largest absolute Gasteiger partial charge is 0.507 e. The lowest BCUT2D eigenvalue weighted by Crippen LogP contribution is -2.60. The van der Waals surface area contributed by atoms with Crippen LogP contribution in [0.4, 0.5) is 0 Å². The highest BCUT2D eigenvalue weighted by Gasteiger charge is 2.45. The number of hydrogen-bond donors (Lipinski definition) is 6. The second kappa shape index (κ2) is 9.60. The van der Waals surface area contributed by atoms with E-state index in [2.05, 4.69) is 0 Å². The molecule has 0 spiro atoms. The normalized spacial score (nSPS) is 24.3. The summed E-state index contributed by atoms with van der Waals surface area (Å²) >= 11 is 0. The highest BCUT2D eigenvalue weighted by atomic mass is 16.7. The standard InChI is InChI=1S/C23H24O12/c1-31-10-6-12(26)16-14(7-10)33-21(9-3-4-13(32-2)11(25)5-9)22(18(16)28)35-23-20(30)19(29)17(27)15(8-24)34-23/h3-7,15,17,19-20,23-27,29-30H,8H2,1-2H3/t15-,17-,19+,20-,23+/m0/s1. The van der Waals surface area contributed by atoms with Crippen molar-refractivity contribution in [3.63, 3.8) is 0 Å². The first kappa shape index (κ1) is 24.6. The number of fused-ring (bicyclic) bond motifs is 1. The van der Waals surface area contributed by atoms with E-state index in [0.29, 0.717) is 0 Å². The summed E-state index contributed by atoms with van der Waals surface area (Å²) in [6, 6.07) is 6.66. The van der Waals surface area contributed by atoms with Gasteiger partial charge in [-0.1, -0.05) is 0 Å². The molecule has 1 saturated heterocycles. The predicted octanol–water partition coefficient (Wildman–Crippen LogP) is 0.0671. The van der Waals surface area contributed by atoms with Crippen LogP contribution in [0.3, 0.4) is 0 Å². The van der Waals surface area contributed by atoms with Crippen LogP contribution in [0.15, 0.2) is 39.5 Å². The molecule has 0 saturated carbocycles. The third-order valence-electron chi connectivity index (χ3n) is 5.67. The van der Waals surface area contributed by atoms with E-state index in [1.807, 2.05) is 0 Å². The second-order valence-corrected chi connectivity index (χ2v) is 7.81.